The fourth-order valence-corrected chi connectivity index (χ4v) is 3.90. The topological polar surface area (TPSA) is 59.1 Å². The van der Waals surface area contributed by atoms with E-state index < -0.39 is 0 Å². The molecule has 0 amide bonds. The van der Waals surface area contributed by atoms with E-state index in [1.807, 2.05) is 0 Å². The van der Waals surface area contributed by atoms with E-state index in [1.54, 1.807) is 6.20 Å². The number of rotatable bonds is 6. The number of hydrogen-bond donors (Lipinski definition) is 2. The standard InChI is InChI=1S/C20H30N4O/c1-3-15-14-21-20(23-17-10-12-18(13-11-17)25-4-2)24-19(15)22-16-8-6-5-7-9-16/h1,14,16-18H,4-13H2,2H3,(H2,21,22,23,24)/t17-,18-. The maximum atomic E-state index is 5.72. The second-order valence-corrected chi connectivity index (χ2v) is 7.15. The number of anilines is 2. The van der Waals surface area contributed by atoms with Gasteiger partial charge in [-0.3, -0.25) is 0 Å². The maximum Gasteiger partial charge on any atom is 0.224 e. The molecule has 5 heteroatoms. The molecule has 0 saturated heterocycles. The van der Waals surface area contributed by atoms with Crippen LogP contribution < -0.4 is 10.6 Å². The zero-order chi connectivity index (χ0) is 17.5. The van der Waals surface area contributed by atoms with Gasteiger partial charge in [0, 0.05) is 18.7 Å². The second kappa shape index (κ2) is 9.05. The fourth-order valence-electron chi connectivity index (χ4n) is 3.90. The Labute approximate surface area is 151 Å². The van der Waals surface area contributed by atoms with Gasteiger partial charge in [-0.05, 0) is 45.4 Å². The molecule has 2 aliphatic rings. The third kappa shape index (κ3) is 5.09. The van der Waals surface area contributed by atoms with Gasteiger partial charge in [0.05, 0.1) is 17.9 Å². The minimum absolute atomic E-state index is 0.413. The molecule has 0 aromatic carbocycles. The predicted octanol–water partition coefficient (Wildman–Crippen LogP) is 3.96. The van der Waals surface area contributed by atoms with Crippen molar-refractivity contribution in [1.82, 2.24) is 9.97 Å². The number of terminal acetylenes is 1. The minimum atomic E-state index is 0.413. The summed E-state index contributed by atoms with van der Waals surface area (Å²) < 4.78 is 5.72. The van der Waals surface area contributed by atoms with Gasteiger partial charge in [0.15, 0.2) is 0 Å². The summed E-state index contributed by atoms with van der Waals surface area (Å²) in [5.74, 6) is 4.18. The van der Waals surface area contributed by atoms with Gasteiger partial charge in [-0.2, -0.15) is 4.98 Å². The Kier molecular flexibility index (Phi) is 6.52. The van der Waals surface area contributed by atoms with Gasteiger partial charge in [0.2, 0.25) is 5.95 Å². The molecule has 1 aromatic rings. The predicted molar refractivity (Wildman–Crippen MR) is 102 cm³/mol. The summed E-state index contributed by atoms with van der Waals surface area (Å²) >= 11 is 0. The molecular weight excluding hydrogens is 312 g/mol. The summed E-state index contributed by atoms with van der Waals surface area (Å²) in [5, 5.41) is 7.03. The van der Waals surface area contributed by atoms with Crippen molar-refractivity contribution in [1.29, 1.82) is 0 Å². The first kappa shape index (κ1) is 18.0. The van der Waals surface area contributed by atoms with E-state index in [-0.39, 0.29) is 0 Å². The Morgan fingerprint density at radius 3 is 2.48 bits per heavy atom. The van der Waals surface area contributed by atoms with Crippen LogP contribution in [0.2, 0.25) is 0 Å². The highest BCUT2D eigenvalue weighted by atomic mass is 16.5. The molecule has 5 nitrogen and oxygen atoms in total. The van der Waals surface area contributed by atoms with Crippen LogP contribution in [0, 0.1) is 12.3 Å². The average molecular weight is 342 g/mol. The van der Waals surface area contributed by atoms with Crippen LogP contribution in [0.4, 0.5) is 11.8 Å². The summed E-state index contributed by atoms with van der Waals surface area (Å²) in [4.78, 5) is 9.10. The molecule has 3 rings (SSSR count). The smallest absolute Gasteiger partial charge is 0.224 e. The van der Waals surface area contributed by atoms with Crippen molar-refractivity contribution in [3.8, 4) is 12.3 Å². The van der Waals surface area contributed by atoms with Crippen LogP contribution in [-0.2, 0) is 4.74 Å². The normalized spacial score (nSPS) is 24.5. The molecule has 25 heavy (non-hydrogen) atoms. The lowest BCUT2D eigenvalue weighted by atomic mass is 9.93. The van der Waals surface area contributed by atoms with Gasteiger partial charge in [0.25, 0.3) is 0 Å². The van der Waals surface area contributed by atoms with E-state index in [9.17, 15) is 0 Å². The van der Waals surface area contributed by atoms with Crippen molar-refractivity contribution in [2.24, 2.45) is 0 Å². The van der Waals surface area contributed by atoms with Crippen LogP contribution in [0.1, 0.15) is 70.3 Å². The van der Waals surface area contributed by atoms with Crippen LogP contribution in [0.15, 0.2) is 6.20 Å². The first-order chi connectivity index (χ1) is 12.3. The molecule has 136 valence electrons. The van der Waals surface area contributed by atoms with Crippen molar-refractivity contribution < 1.29 is 4.74 Å². The lowest BCUT2D eigenvalue weighted by Gasteiger charge is -2.29. The molecule has 1 aromatic heterocycles. The van der Waals surface area contributed by atoms with E-state index in [0.717, 1.165) is 43.7 Å². The zero-order valence-electron chi connectivity index (χ0n) is 15.3. The summed E-state index contributed by atoms with van der Waals surface area (Å²) in [6.45, 7) is 2.86. The Morgan fingerprint density at radius 2 is 1.80 bits per heavy atom. The Morgan fingerprint density at radius 1 is 1.08 bits per heavy atom. The number of ether oxygens (including phenoxy) is 1. The van der Waals surface area contributed by atoms with Crippen LogP contribution in [0.25, 0.3) is 0 Å². The largest absolute Gasteiger partial charge is 0.379 e. The number of nitrogens with one attached hydrogen (secondary N) is 2. The van der Waals surface area contributed by atoms with Gasteiger partial charge in [-0.15, -0.1) is 6.42 Å². The summed E-state index contributed by atoms with van der Waals surface area (Å²) in [5.41, 5.74) is 0.746. The molecule has 0 radical (unpaired) electrons. The summed E-state index contributed by atoms with van der Waals surface area (Å²) in [6, 6.07) is 0.890. The lowest BCUT2D eigenvalue weighted by Crippen LogP contribution is -2.30. The Bertz CT molecular complexity index is 584. The highest BCUT2D eigenvalue weighted by Crippen LogP contribution is 2.25. The van der Waals surface area contributed by atoms with Crippen molar-refractivity contribution in [3.05, 3.63) is 11.8 Å². The second-order valence-electron chi connectivity index (χ2n) is 7.15. The number of hydrogen-bond acceptors (Lipinski definition) is 5. The fraction of sp³-hybridized carbons (Fsp3) is 0.700. The van der Waals surface area contributed by atoms with E-state index in [1.165, 1.54) is 32.1 Å². The molecule has 0 unspecified atom stereocenters. The highest BCUT2D eigenvalue weighted by molar-refractivity contribution is 5.55. The van der Waals surface area contributed by atoms with Crippen LogP contribution in [-0.4, -0.2) is 34.8 Å². The zero-order valence-corrected chi connectivity index (χ0v) is 15.3. The molecule has 2 fully saturated rings. The third-order valence-corrected chi connectivity index (χ3v) is 5.30. The Balaban J connectivity index is 1.60. The van der Waals surface area contributed by atoms with E-state index >= 15 is 0 Å². The molecule has 0 aliphatic heterocycles. The van der Waals surface area contributed by atoms with Crippen LogP contribution in [0.3, 0.4) is 0 Å². The molecule has 1 heterocycles. The third-order valence-electron chi connectivity index (χ3n) is 5.30. The maximum absolute atomic E-state index is 5.72. The van der Waals surface area contributed by atoms with Crippen LogP contribution >= 0.6 is 0 Å². The molecular formula is C20H30N4O. The summed E-state index contributed by atoms with van der Waals surface area (Å²) in [6.07, 6.45) is 18.5. The van der Waals surface area contributed by atoms with E-state index in [4.69, 9.17) is 11.2 Å². The molecule has 2 aliphatic carbocycles. The van der Waals surface area contributed by atoms with Gasteiger partial charge >= 0.3 is 0 Å². The monoisotopic (exact) mass is 342 g/mol. The van der Waals surface area contributed by atoms with Crippen molar-refractivity contribution in [2.75, 3.05) is 17.2 Å². The first-order valence-electron chi connectivity index (χ1n) is 9.76. The SMILES string of the molecule is C#Cc1cnc(N[C@H]2CC[C@H](OCC)CC2)nc1NC1CCCCC1. The average Bonchev–Trinajstić information content (AvgIpc) is 2.65. The Hall–Kier alpha value is -1.80. The van der Waals surface area contributed by atoms with Crippen molar-refractivity contribution >= 4 is 11.8 Å². The van der Waals surface area contributed by atoms with Gasteiger partial charge in [0.1, 0.15) is 5.82 Å². The molecule has 0 atom stereocenters. The van der Waals surface area contributed by atoms with E-state index in [0.29, 0.717) is 24.1 Å². The van der Waals surface area contributed by atoms with Gasteiger partial charge in [-0.25, -0.2) is 4.98 Å². The van der Waals surface area contributed by atoms with Crippen LogP contribution in [0.5, 0.6) is 0 Å². The first-order valence-corrected chi connectivity index (χ1v) is 9.76. The van der Waals surface area contributed by atoms with Gasteiger partial charge in [-0.1, -0.05) is 25.2 Å². The van der Waals surface area contributed by atoms with E-state index in [2.05, 4.69) is 33.4 Å². The minimum Gasteiger partial charge on any atom is -0.379 e. The molecule has 0 bridgehead atoms. The van der Waals surface area contributed by atoms with Crippen molar-refractivity contribution in [3.63, 3.8) is 0 Å². The molecule has 2 N–H and O–H groups in total. The number of aromatic nitrogens is 2. The lowest BCUT2D eigenvalue weighted by molar-refractivity contribution is 0.0346. The quantitative estimate of drug-likeness (QED) is 0.766. The van der Waals surface area contributed by atoms with Gasteiger partial charge < -0.3 is 15.4 Å². The number of nitrogens with zero attached hydrogens (tertiary/aromatic N) is 2. The van der Waals surface area contributed by atoms with Crippen molar-refractivity contribution in [2.45, 2.75) is 82.9 Å². The molecule has 2 saturated carbocycles. The summed E-state index contributed by atoms with van der Waals surface area (Å²) in [7, 11) is 0. The molecule has 0 spiro atoms. The highest BCUT2D eigenvalue weighted by Gasteiger charge is 2.22.